The second kappa shape index (κ2) is 9.17. The number of hydrogen-bond acceptors (Lipinski definition) is 2. The fourth-order valence-corrected chi connectivity index (χ4v) is 7.91. The standard InChI is InChI=1S/C40H24OS/c1-2-13-27(29-23-24-37-39-32(29)17-9-18-33(39)30-15-5-7-21-36(30)41-37)25(11-1)26-12-3-4-14-28(26)34-19-10-20-35-31-16-6-8-22-38(31)42-40(34)35/h1-24H. The van der Waals surface area contributed by atoms with Crippen LogP contribution in [0.25, 0.3) is 75.5 Å². The topological polar surface area (TPSA) is 9.23 Å². The van der Waals surface area contributed by atoms with Crippen LogP contribution in [0, 0.1) is 0 Å². The van der Waals surface area contributed by atoms with Gasteiger partial charge in [0.05, 0.1) is 0 Å². The number of rotatable bonds is 3. The molecular formula is C40H24OS. The molecule has 8 aromatic rings. The first-order chi connectivity index (χ1) is 20.8. The van der Waals surface area contributed by atoms with Crippen molar-refractivity contribution in [2.75, 3.05) is 0 Å². The van der Waals surface area contributed by atoms with Crippen LogP contribution in [-0.4, -0.2) is 0 Å². The van der Waals surface area contributed by atoms with E-state index in [4.69, 9.17) is 4.74 Å². The summed E-state index contributed by atoms with van der Waals surface area (Å²) >= 11 is 1.88. The smallest absolute Gasteiger partial charge is 0.135 e. The predicted octanol–water partition coefficient (Wildman–Crippen LogP) is 12.0. The zero-order valence-electron chi connectivity index (χ0n) is 22.7. The molecule has 7 aromatic carbocycles. The fraction of sp³-hybridized carbons (Fsp3) is 0. The SMILES string of the molecule is c1ccc2c(c1)Oc1ccc(-c3ccccc3-c3ccccc3-c3cccc4c3sc3ccccc34)c3cccc-2c13. The van der Waals surface area contributed by atoms with Gasteiger partial charge in [-0.05, 0) is 57.0 Å². The van der Waals surface area contributed by atoms with Crippen molar-refractivity contribution in [3.8, 4) is 56.0 Å². The predicted molar refractivity (Wildman–Crippen MR) is 179 cm³/mol. The van der Waals surface area contributed by atoms with E-state index in [0.29, 0.717) is 0 Å². The maximum atomic E-state index is 6.40. The van der Waals surface area contributed by atoms with Crippen LogP contribution in [0.4, 0.5) is 0 Å². The van der Waals surface area contributed by atoms with Gasteiger partial charge in [0.1, 0.15) is 11.5 Å². The van der Waals surface area contributed by atoms with Gasteiger partial charge >= 0.3 is 0 Å². The van der Waals surface area contributed by atoms with Crippen molar-refractivity contribution in [1.29, 1.82) is 0 Å². The van der Waals surface area contributed by atoms with Crippen LogP contribution >= 0.6 is 11.3 Å². The third kappa shape index (κ3) is 3.43. The minimum absolute atomic E-state index is 0.912. The lowest BCUT2D eigenvalue weighted by Gasteiger charge is -2.23. The Kier molecular flexibility index (Phi) is 5.13. The summed E-state index contributed by atoms with van der Waals surface area (Å²) in [6.07, 6.45) is 0. The van der Waals surface area contributed by atoms with Gasteiger partial charge in [-0.2, -0.15) is 0 Å². The fourth-order valence-electron chi connectivity index (χ4n) is 6.68. The van der Waals surface area contributed by atoms with E-state index in [2.05, 4.69) is 133 Å². The second-order valence-corrected chi connectivity index (χ2v) is 11.9. The highest BCUT2D eigenvalue weighted by Gasteiger charge is 2.22. The molecule has 1 aromatic heterocycles. The molecule has 0 radical (unpaired) electrons. The molecule has 0 atom stereocenters. The van der Waals surface area contributed by atoms with Gasteiger partial charge < -0.3 is 4.74 Å². The lowest BCUT2D eigenvalue weighted by Crippen LogP contribution is -1.98. The molecule has 1 nitrogen and oxygen atoms in total. The number of ether oxygens (including phenoxy) is 1. The highest BCUT2D eigenvalue weighted by atomic mass is 32.1. The summed E-state index contributed by atoms with van der Waals surface area (Å²) < 4.78 is 9.06. The van der Waals surface area contributed by atoms with Gasteiger partial charge in [-0.15, -0.1) is 11.3 Å². The van der Waals surface area contributed by atoms with Crippen LogP contribution in [0.15, 0.2) is 146 Å². The highest BCUT2D eigenvalue weighted by molar-refractivity contribution is 7.26. The number of fused-ring (bicyclic) bond motifs is 5. The van der Waals surface area contributed by atoms with E-state index in [0.717, 1.165) is 17.1 Å². The van der Waals surface area contributed by atoms with Gasteiger partial charge in [-0.3, -0.25) is 0 Å². The van der Waals surface area contributed by atoms with Crippen molar-refractivity contribution in [2.24, 2.45) is 0 Å². The monoisotopic (exact) mass is 552 g/mol. The maximum Gasteiger partial charge on any atom is 0.135 e. The molecule has 2 heterocycles. The summed E-state index contributed by atoms with van der Waals surface area (Å²) in [7, 11) is 0. The molecule has 2 heteroatoms. The zero-order chi connectivity index (χ0) is 27.6. The Bertz CT molecular complexity index is 2340. The van der Waals surface area contributed by atoms with Crippen LogP contribution in [0.3, 0.4) is 0 Å². The largest absolute Gasteiger partial charge is 0.456 e. The van der Waals surface area contributed by atoms with E-state index >= 15 is 0 Å². The third-order valence-corrected chi connectivity index (χ3v) is 9.75. The number of hydrogen-bond donors (Lipinski definition) is 0. The Hall–Kier alpha value is -5.18. The number of para-hydroxylation sites is 1. The minimum Gasteiger partial charge on any atom is -0.456 e. The van der Waals surface area contributed by atoms with E-state index in [9.17, 15) is 0 Å². The van der Waals surface area contributed by atoms with Crippen molar-refractivity contribution in [1.82, 2.24) is 0 Å². The van der Waals surface area contributed by atoms with Gasteiger partial charge in [0.2, 0.25) is 0 Å². The van der Waals surface area contributed by atoms with Crippen LogP contribution in [-0.2, 0) is 0 Å². The Labute approximate surface area is 247 Å². The van der Waals surface area contributed by atoms with Crippen molar-refractivity contribution in [2.45, 2.75) is 0 Å². The lowest BCUT2D eigenvalue weighted by molar-refractivity contribution is 0.487. The third-order valence-electron chi connectivity index (χ3n) is 8.53. The molecule has 0 saturated carbocycles. The normalized spacial score (nSPS) is 12.0. The van der Waals surface area contributed by atoms with Crippen molar-refractivity contribution < 1.29 is 4.74 Å². The second-order valence-electron chi connectivity index (χ2n) is 10.8. The molecule has 9 rings (SSSR count). The van der Waals surface area contributed by atoms with Gasteiger partial charge in [0.25, 0.3) is 0 Å². The quantitative estimate of drug-likeness (QED) is 0.212. The molecule has 0 unspecified atom stereocenters. The summed E-state index contributed by atoms with van der Waals surface area (Å²) in [4.78, 5) is 0. The molecule has 0 saturated heterocycles. The van der Waals surface area contributed by atoms with E-state index in [-0.39, 0.29) is 0 Å². The van der Waals surface area contributed by atoms with Crippen LogP contribution < -0.4 is 4.74 Å². The highest BCUT2D eigenvalue weighted by Crippen LogP contribution is 2.50. The van der Waals surface area contributed by atoms with Crippen molar-refractivity contribution in [3.63, 3.8) is 0 Å². The molecule has 1 aliphatic rings. The lowest BCUT2D eigenvalue weighted by atomic mass is 9.86. The first kappa shape index (κ1) is 23.5. The van der Waals surface area contributed by atoms with Gasteiger partial charge in [0, 0.05) is 36.7 Å². The summed E-state index contributed by atoms with van der Waals surface area (Å²) in [5, 5.41) is 5.02. The number of benzene rings is 7. The number of thiophene rings is 1. The molecular weight excluding hydrogens is 529 g/mol. The van der Waals surface area contributed by atoms with Crippen LogP contribution in [0.1, 0.15) is 0 Å². The van der Waals surface area contributed by atoms with Crippen LogP contribution in [0.2, 0.25) is 0 Å². The summed E-state index contributed by atoms with van der Waals surface area (Å²) in [5.41, 5.74) is 9.79. The summed E-state index contributed by atoms with van der Waals surface area (Å²) in [6.45, 7) is 0. The Morgan fingerprint density at radius 3 is 1.67 bits per heavy atom. The first-order valence-corrected chi connectivity index (χ1v) is 15.1. The van der Waals surface area contributed by atoms with Crippen LogP contribution in [0.5, 0.6) is 11.5 Å². The average molecular weight is 553 g/mol. The molecule has 196 valence electrons. The van der Waals surface area contributed by atoms with E-state index in [1.54, 1.807) is 0 Å². The van der Waals surface area contributed by atoms with Crippen molar-refractivity contribution in [3.05, 3.63) is 146 Å². The van der Waals surface area contributed by atoms with Gasteiger partial charge in [-0.1, -0.05) is 127 Å². The minimum atomic E-state index is 0.912. The summed E-state index contributed by atoms with van der Waals surface area (Å²) in [6, 6.07) is 52.4. The molecule has 0 fully saturated rings. The molecule has 0 amide bonds. The van der Waals surface area contributed by atoms with Crippen molar-refractivity contribution >= 4 is 42.3 Å². The maximum absolute atomic E-state index is 6.40. The average Bonchev–Trinajstić information content (AvgIpc) is 3.44. The molecule has 1 aliphatic heterocycles. The first-order valence-electron chi connectivity index (χ1n) is 14.3. The Morgan fingerprint density at radius 1 is 0.333 bits per heavy atom. The van der Waals surface area contributed by atoms with E-state index in [1.807, 2.05) is 23.5 Å². The van der Waals surface area contributed by atoms with Gasteiger partial charge in [0.15, 0.2) is 0 Å². The Morgan fingerprint density at radius 2 is 0.881 bits per heavy atom. The summed E-state index contributed by atoms with van der Waals surface area (Å²) in [5.74, 6) is 1.83. The van der Waals surface area contributed by atoms with Gasteiger partial charge in [-0.25, -0.2) is 0 Å². The van der Waals surface area contributed by atoms with E-state index in [1.165, 1.54) is 69.9 Å². The molecule has 0 bridgehead atoms. The molecule has 0 N–H and O–H groups in total. The zero-order valence-corrected chi connectivity index (χ0v) is 23.5. The molecule has 42 heavy (non-hydrogen) atoms. The Balaban J connectivity index is 1.28. The molecule has 0 spiro atoms. The van der Waals surface area contributed by atoms with E-state index < -0.39 is 0 Å². The molecule has 0 aliphatic carbocycles.